The van der Waals surface area contributed by atoms with Crippen molar-refractivity contribution in [2.24, 2.45) is 0 Å². The molecule has 23 heavy (non-hydrogen) atoms. The summed E-state index contributed by atoms with van der Waals surface area (Å²) in [5.41, 5.74) is 3.91. The summed E-state index contributed by atoms with van der Waals surface area (Å²) in [4.78, 5) is 4.26. The first-order valence-electron chi connectivity index (χ1n) is 7.04. The molecule has 0 saturated heterocycles. The fraction of sp³-hybridized carbons (Fsp3) is 0.0556. The van der Waals surface area contributed by atoms with Crippen LogP contribution in [0.5, 0.6) is 5.75 Å². The van der Waals surface area contributed by atoms with Crippen molar-refractivity contribution in [2.75, 3.05) is 5.32 Å². The monoisotopic (exact) mass is 344 g/mol. The minimum absolute atomic E-state index is 0.246. The summed E-state index contributed by atoms with van der Waals surface area (Å²) in [5.74, 6) is 0.246. The SMILES string of the molecule is Oc1ccc(-c2cncc(NCc3ccc(Cl)c(Cl)c3)c2)cc1. The Kier molecular flexibility index (Phi) is 4.70. The molecule has 2 N–H and O–H groups in total. The van der Waals surface area contributed by atoms with Crippen LogP contribution in [-0.4, -0.2) is 10.1 Å². The Hall–Kier alpha value is -2.23. The number of anilines is 1. The summed E-state index contributed by atoms with van der Waals surface area (Å²) in [6, 6.07) is 14.6. The van der Waals surface area contributed by atoms with Gasteiger partial charge in [0.1, 0.15) is 5.75 Å². The molecule has 3 rings (SSSR count). The highest BCUT2D eigenvalue weighted by Crippen LogP contribution is 2.25. The van der Waals surface area contributed by atoms with Gasteiger partial charge in [-0.1, -0.05) is 41.4 Å². The molecule has 0 aliphatic rings. The minimum atomic E-state index is 0.246. The average Bonchev–Trinajstić information content (AvgIpc) is 2.57. The molecule has 3 aromatic rings. The number of pyridine rings is 1. The van der Waals surface area contributed by atoms with Gasteiger partial charge < -0.3 is 10.4 Å². The highest BCUT2D eigenvalue weighted by molar-refractivity contribution is 6.42. The van der Waals surface area contributed by atoms with E-state index in [1.807, 2.05) is 30.3 Å². The number of rotatable bonds is 4. The predicted molar refractivity (Wildman–Crippen MR) is 95.1 cm³/mol. The van der Waals surface area contributed by atoms with Gasteiger partial charge >= 0.3 is 0 Å². The molecule has 2 aromatic carbocycles. The predicted octanol–water partition coefficient (Wildman–Crippen LogP) is 5.37. The summed E-state index contributed by atoms with van der Waals surface area (Å²) in [6.45, 7) is 0.623. The summed E-state index contributed by atoms with van der Waals surface area (Å²) in [6.07, 6.45) is 3.55. The molecule has 0 atom stereocenters. The highest BCUT2D eigenvalue weighted by Gasteiger charge is 2.02. The largest absolute Gasteiger partial charge is 0.508 e. The number of phenols is 1. The number of hydrogen-bond donors (Lipinski definition) is 2. The van der Waals surface area contributed by atoms with Crippen LogP contribution in [0.3, 0.4) is 0 Å². The second-order valence-electron chi connectivity index (χ2n) is 5.11. The van der Waals surface area contributed by atoms with Gasteiger partial charge in [0, 0.05) is 24.5 Å². The van der Waals surface area contributed by atoms with E-state index in [9.17, 15) is 5.11 Å². The van der Waals surface area contributed by atoms with E-state index < -0.39 is 0 Å². The third-order valence-electron chi connectivity index (χ3n) is 3.42. The number of halogens is 2. The van der Waals surface area contributed by atoms with Crippen molar-refractivity contribution in [3.05, 3.63) is 76.5 Å². The van der Waals surface area contributed by atoms with Gasteiger partial charge in [-0.15, -0.1) is 0 Å². The number of nitrogens with zero attached hydrogens (tertiary/aromatic N) is 1. The lowest BCUT2D eigenvalue weighted by atomic mass is 10.1. The molecular weight excluding hydrogens is 331 g/mol. The Labute approximate surface area is 144 Å². The van der Waals surface area contributed by atoms with Crippen molar-refractivity contribution in [3.63, 3.8) is 0 Å². The summed E-state index contributed by atoms with van der Waals surface area (Å²) < 4.78 is 0. The van der Waals surface area contributed by atoms with Crippen LogP contribution in [0.1, 0.15) is 5.56 Å². The molecule has 5 heteroatoms. The first-order valence-corrected chi connectivity index (χ1v) is 7.80. The molecule has 0 unspecified atom stereocenters. The second-order valence-corrected chi connectivity index (χ2v) is 5.93. The standard InChI is InChI=1S/C18H14Cl2N2O/c19-17-6-1-12(7-18(17)20)9-22-15-8-14(10-21-11-15)13-2-4-16(23)5-3-13/h1-8,10-11,22-23H,9H2. The minimum Gasteiger partial charge on any atom is -0.508 e. The van der Waals surface area contributed by atoms with E-state index in [1.165, 1.54) is 0 Å². The topological polar surface area (TPSA) is 45.2 Å². The zero-order chi connectivity index (χ0) is 16.2. The van der Waals surface area contributed by atoms with E-state index in [0.29, 0.717) is 16.6 Å². The van der Waals surface area contributed by atoms with E-state index in [2.05, 4.69) is 10.3 Å². The summed E-state index contributed by atoms with van der Waals surface area (Å²) in [5, 5.41) is 13.8. The number of benzene rings is 2. The lowest BCUT2D eigenvalue weighted by Gasteiger charge is -2.09. The van der Waals surface area contributed by atoms with Crippen LogP contribution in [0.15, 0.2) is 60.9 Å². The molecule has 0 saturated carbocycles. The Morgan fingerprint density at radius 1 is 0.870 bits per heavy atom. The number of aromatic hydroxyl groups is 1. The van der Waals surface area contributed by atoms with Gasteiger partial charge in [0.25, 0.3) is 0 Å². The first kappa shape index (κ1) is 15.7. The summed E-state index contributed by atoms with van der Waals surface area (Å²) in [7, 11) is 0. The Morgan fingerprint density at radius 2 is 1.65 bits per heavy atom. The zero-order valence-electron chi connectivity index (χ0n) is 12.1. The smallest absolute Gasteiger partial charge is 0.115 e. The van der Waals surface area contributed by atoms with Gasteiger partial charge in [0.2, 0.25) is 0 Å². The second kappa shape index (κ2) is 6.90. The molecule has 0 bridgehead atoms. The molecule has 116 valence electrons. The van der Waals surface area contributed by atoms with Crippen molar-refractivity contribution < 1.29 is 5.11 Å². The van der Waals surface area contributed by atoms with E-state index in [-0.39, 0.29) is 5.75 Å². The maximum atomic E-state index is 9.36. The van der Waals surface area contributed by atoms with Crippen LogP contribution in [0.4, 0.5) is 5.69 Å². The fourth-order valence-electron chi connectivity index (χ4n) is 2.20. The maximum absolute atomic E-state index is 9.36. The van der Waals surface area contributed by atoms with E-state index >= 15 is 0 Å². The Bertz CT molecular complexity index is 820. The van der Waals surface area contributed by atoms with Gasteiger partial charge in [0.15, 0.2) is 0 Å². The third-order valence-corrected chi connectivity index (χ3v) is 4.16. The quantitative estimate of drug-likeness (QED) is 0.668. The van der Waals surface area contributed by atoms with Crippen LogP contribution in [0.2, 0.25) is 10.0 Å². The first-order chi connectivity index (χ1) is 11.1. The van der Waals surface area contributed by atoms with Crippen molar-refractivity contribution >= 4 is 28.9 Å². The molecule has 0 aliphatic carbocycles. The number of phenolic OH excluding ortho intramolecular Hbond substituents is 1. The maximum Gasteiger partial charge on any atom is 0.115 e. The molecule has 0 amide bonds. The van der Waals surface area contributed by atoms with Crippen LogP contribution in [-0.2, 0) is 6.54 Å². The van der Waals surface area contributed by atoms with Crippen LogP contribution >= 0.6 is 23.2 Å². The van der Waals surface area contributed by atoms with Gasteiger partial charge in [-0.05, 0) is 41.5 Å². The van der Waals surface area contributed by atoms with Crippen molar-refractivity contribution in [2.45, 2.75) is 6.54 Å². The van der Waals surface area contributed by atoms with Crippen molar-refractivity contribution in [1.29, 1.82) is 0 Å². The van der Waals surface area contributed by atoms with Crippen LogP contribution < -0.4 is 5.32 Å². The van der Waals surface area contributed by atoms with Gasteiger partial charge in [-0.3, -0.25) is 4.98 Å². The molecule has 1 heterocycles. The van der Waals surface area contributed by atoms with Crippen LogP contribution in [0.25, 0.3) is 11.1 Å². The van der Waals surface area contributed by atoms with Gasteiger partial charge in [0.05, 0.1) is 15.7 Å². The molecule has 0 radical (unpaired) electrons. The van der Waals surface area contributed by atoms with Crippen molar-refractivity contribution in [1.82, 2.24) is 4.98 Å². The van der Waals surface area contributed by atoms with E-state index in [1.54, 1.807) is 30.6 Å². The lowest BCUT2D eigenvalue weighted by Crippen LogP contribution is -2.00. The third kappa shape index (κ3) is 3.95. The Balaban J connectivity index is 1.74. The highest BCUT2D eigenvalue weighted by atomic mass is 35.5. The number of aromatic nitrogens is 1. The molecule has 0 fully saturated rings. The molecular formula is C18H14Cl2N2O. The van der Waals surface area contributed by atoms with E-state index in [0.717, 1.165) is 22.4 Å². The van der Waals surface area contributed by atoms with Crippen LogP contribution in [0, 0.1) is 0 Å². The summed E-state index contributed by atoms with van der Waals surface area (Å²) >= 11 is 11.9. The fourth-order valence-corrected chi connectivity index (χ4v) is 2.52. The van der Waals surface area contributed by atoms with E-state index in [4.69, 9.17) is 23.2 Å². The van der Waals surface area contributed by atoms with Crippen molar-refractivity contribution in [3.8, 4) is 16.9 Å². The zero-order valence-corrected chi connectivity index (χ0v) is 13.6. The molecule has 3 nitrogen and oxygen atoms in total. The normalized spacial score (nSPS) is 10.5. The average molecular weight is 345 g/mol. The number of hydrogen-bond acceptors (Lipinski definition) is 3. The van der Waals surface area contributed by atoms with Gasteiger partial charge in [-0.2, -0.15) is 0 Å². The lowest BCUT2D eigenvalue weighted by molar-refractivity contribution is 0.475. The Morgan fingerprint density at radius 3 is 2.39 bits per heavy atom. The van der Waals surface area contributed by atoms with Gasteiger partial charge in [-0.25, -0.2) is 0 Å². The number of nitrogens with one attached hydrogen (secondary N) is 1. The molecule has 0 aliphatic heterocycles. The molecule has 0 spiro atoms. The molecule has 1 aromatic heterocycles.